The maximum absolute atomic E-state index is 10.7. The quantitative estimate of drug-likeness (QED) is 0.448. The molecule has 1 aromatic carbocycles. The summed E-state index contributed by atoms with van der Waals surface area (Å²) in [7, 11) is 0. The van der Waals surface area contributed by atoms with E-state index in [1.807, 2.05) is 11.4 Å². The van der Waals surface area contributed by atoms with Crippen LogP contribution in [-0.2, 0) is 0 Å². The Morgan fingerprint density at radius 1 is 1.39 bits per heavy atom. The van der Waals surface area contributed by atoms with Crippen LogP contribution in [0.25, 0.3) is 0 Å². The molecule has 2 rings (SSSR count). The molecule has 1 atom stereocenters. The van der Waals surface area contributed by atoms with Gasteiger partial charge in [-0.25, -0.2) is 0 Å². The van der Waals surface area contributed by atoms with Gasteiger partial charge in [-0.2, -0.15) is 0 Å². The maximum Gasteiger partial charge on any atom is 0.314 e. The smallest absolute Gasteiger partial charge is 0.314 e. The largest absolute Gasteiger partial charge is 0.504 e. The van der Waals surface area contributed by atoms with Crippen molar-refractivity contribution in [2.24, 2.45) is 5.73 Å². The van der Waals surface area contributed by atoms with E-state index >= 15 is 0 Å². The predicted molar refractivity (Wildman–Crippen MR) is 66.8 cm³/mol. The van der Waals surface area contributed by atoms with Crippen molar-refractivity contribution in [3.8, 4) is 11.5 Å². The van der Waals surface area contributed by atoms with Gasteiger partial charge in [0.2, 0.25) is 5.75 Å². The summed E-state index contributed by atoms with van der Waals surface area (Å²) in [4.78, 5) is 10.8. The number of benzene rings is 1. The van der Waals surface area contributed by atoms with Crippen LogP contribution >= 0.6 is 11.3 Å². The number of aromatic hydroxyl groups is 2. The number of phenols is 2. The molecule has 0 spiro atoms. The molecule has 1 heterocycles. The lowest BCUT2D eigenvalue weighted by molar-refractivity contribution is -0.386. The van der Waals surface area contributed by atoms with Crippen molar-refractivity contribution < 1.29 is 15.1 Å². The van der Waals surface area contributed by atoms with Gasteiger partial charge < -0.3 is 15.9 Å². The van der Waals surface area contributed by atoms with Crippen molar-refractivity contribution in [1.29, 1.82) is 0 Å². The average molecular weight is 266 g/mol. The molecule has 0 radical (unpaired) electrons. The molecule has 18 heavy (non-hydrogen) atoms. The molecule has 0 unspecified atom stereocenters. The zero-order valence-electron chi connectivity index (χ0n) is 9.11. The molecule has 0 saturated heterocycles. The highest BCUT2D eigenvalue weighted by molar-refractivity contribution is 7.10. The molecule has 94 valence electrons. The van der Waals surface area contributed by atoms with Crippen molar-refractivity contribution in [3.63, 3.8) is 0 Å². The van der Waals surface area contributed by atoms with Gasteiger partial charge in [0, 0.05) is 10.9 Å². The van der Waals surface area contributed by atoms with Gasteiger partial charge in [-0.05, 0) is 23.1 Å². The summed E-state index contributed by atoms with van der Waals surface area (Å²) in [6.45, 7) is 0. The highest BCUT2D eigenvalue weighted by atomic mass is 32.1. The number of phenolic OH excluding ortho intramolecular Hbond substituents is 2. The molecule has 0 amide bonds. The molecule has 4 N–H and O–H groups in total. The van der Waals surface area contributed by atoms with E-state index in [1.165, 1.54) is 23.5 Å². The zero-order chi connectivity index (χ0) is 13.3. The minimum atomic E-state index is -0.764. The summed E-state index contributed by atoms with van der Waals surface area (Å²) in [5, 5.41) is 31.4. The highest BCUT2D eigenvalue weighted by Gasteiger charge is 2.22. The molecule has 0 aliphatic carbocycles. The molecule has 6 nitrogen and oxygen atoms in total. The van der Waals surface area contributed by atoms with Gasteiger partial charge in [0.25, 0.3) is 0 Å². The maximum atomic E-state index is 10.7. The summed E-state index contributed by atoms with van der Waals surface area (Å²) in [5.74, 6) is -1.30. The van der Waals surface area contributed by atoms with Crippen LogP contribution in [0.4, 0.5) is 5.69 Å². The minimum absolute atomic E-state index is 0.374. The SMILES string of the molecule is N[C@H](c1cc(O)c(O)c([N+](=O)[O-])c1)c1cccs1. The van der Waals surface area contributed by atoms with Gasteiger partial charge in [0.15, 0.2) is 5.75 Å². The second-order valence-corrected chi connectivity index (χ2v) is 4.64. The Labute approximate surface area is 106 Å². The van der Waals surface area contributed by atoms with Crippen molar-refractivity contribution in [2.45, 2.75) is 6.04 Å². The fourth-order valence-corrected chi connectivity index (χ4v) is 2.33. The third kappa shape index (κ3) is 2.13. The van der Waals surface area contributed by atoms with Crippen LogP contribution in [0, 0.1) is 10.1 Å². The van der Waals surface area contributed by atoms with Crippen molar-refractivity contribution >= 4 is 17.0 Å². The Morgan fingerprint density at radius 3 is 2.67 bits per heavy atom. The normalized spacial score (nSPS) is 12.3. The van der Waals surface area contributed by atoms with Crippen LogP contribution in [0.3, 0.4) is 0 Å². The van der Waals surface area contributed by atoms with Crippen LogP contribution in [0.1, 0.15) is 16.5 Å². The first kappa shape index (κ1) is 12.3. The number of nitro groups is 1. The standard InChI is InChI=1S/C11H10N2O4S/c12-10(9-2-1-3-18-9)6-4-7(13(16)17)11(15)8(14)5-6/h1-5,10,14-15H,12H2/t10-/m1/s1. The van der Waals surface area contributed by atoms with Crippen molar-refractivity contribution in [3.05, 3.63) is 50.2 Å². The molecule has 0 aliphatic rings. The molecular weight excluding hydrogens is 256 g/mol. The first-order valence-corrected chi connectivity index (χ1v) is 5.88. The Hall–Kier alpha value is -2.12. The monoisotopic (exact) mass is 266 g/mol. The summed E-state index contributed by atoms with van der Waals surface area (Å²) >= 11 is 1.41. The molecule has 2 aromatic rings. The van der Waals surface area contributed by atoms with Crippen LogP contribution in [0.5, 0.6) is 11.5 Å². The van der Waals surface area contributed by atoms with Gasteiger partial charge >= 0.3 is 5.69 Å². The number of thiophene rings is 1. The first-order valence-electron chi connectivity index (χ1n) is 5.00. The Morgan fingerprint density at radius 2 is 2.11 bits per heavy atom. The summed E-state index contributed by atoms with van der Waals surface area (Å²) < 4.78 is 0. The number of nitro benzene ring substituents is 1. The van der Waals surface area contributed by atoms with Gasteiger partial charge in [0.05, 0.1) is 11.0 Å². The van der Waals surface area contributed by atoms with E-state index in [9.17, 15) is 20.3 Å². The van der Waals surface area contributed by atoms with E-state index in [0.29, 0.717) is 5.56 Å². The van der Waals surface area contributed by atoms with Crippen molar-refractivity contribution in [2.75, 3.05) is 0 Å². The summed E-state index contributed by atoms with van der Waals surface area (Å²) in [6, 6.07) is 5.43. The topological polar surface area (TPSA) is 110 Å². The van der Waals surface area contributed by atoms with E-state index in [0.717, 1.165) is 4.88 Å². The molecule has 0 bridgehead atoms. The van der Waals surface area contributed by atoms with Gasteiger partial charge in [-0.15, -0.1) is 11.3 Å². The Balaban J connectivity index is 2.49. The predicted octanol–water partition coefficient (Wildman–Crippen LogP) is 2.12. The fourth-order valence-electron chi connectivity index (χ4n) is 1.58. The van der Waals surface area contributed by atoms with Crippen LogP contribution in [-0.4, -0.2) is 15.1 Å². The second kappa shape index (κ2) is 4.63. The average Bonchev–Trinajstić information content (AvgIpc) is 2.84. The number of rotatable bonds is 3. The van der Waals surface area contributed by atoms with E-state index in [2.05, 4.69) is 0 Å². The third-order valence-corrected chi connectivity index (χ3v) is 3.45. The van der Waals surface area contributed by atoms with Crippen molar-refractivity contribution in [1.82, 2.24) is 0 Å². The fraction of sp³-hybridized carbons (Fsp3) is 0.0909. The van der Waals surface area contributed by atoms with Gasteiger partial charge in [-0.1, -0.05) is 6.07 Å². The zero-order valence-corrected chi connectivity index (χ0v) is 9.92. The molecule has 0 saturated carbocycles. The van der Waals surface area contributed by atoms with Gasteiger partial charge in [0.1, 0.15) is 0 Å². The van der Waals surface area contributed by atoms with Crippen LogP contribution < -0.4 is 5.73 Å². The second-order valence-electron chi connectivity index (χ2n) is 3.66. The van der Waals surface area contributed by atoms with E-state index in [-0.39, 0.29) is 0 Å². The highest BCUT2D eigenvalue weighted by Crippen LogP contribution is 2.38. The molecule has 7 heteroatoms. The number of nitrogens with zero attached hydrogens (tertiary/aromatic N) is 1. The molecule has 1 aromatic heterocycles. The summed E-state index contributed by atoms with van der Waals surface area (Å²) in [5.41, 5.74) is 5.76. The van der Waals surface area contributed by atoms with Crippen LogP contribution in [0.15, 0.2) is 29.6 Å². The van der Waals surface area contributed by atoms with Gasteiger partial charge in [-0.3, -0.25) is 10.1 Å². The lowest BCUT2D eigenvalue weighted by Gasteiger charge is -2.11. The summed E-state index contributed by atoms with van der Waals surface area (Å²) in [6.07, 6.45) is 0. The molecule has 0 aliphatic heterocycles. The third-order valence-electron chi connectivity index (χ3n) is 2.50. The minimum Gasteiger partial charge on any atom is -0.504 e. The molecule has 0 fully saturated rings. The number of hydrogen-bond acceptors (Lipinski definition) is 6. The first-order chi connectivity index (χ1) is 8.50. The lowest BCUT2D eigenvalue weighted by atomic mass is 10.0. The van der Waals surface area contributed by atoms with E-state index < -0.39 is 28.2 Å². The van der Waals surface area contributed by atoms with E-state index in [1.54, 1.807) is 6.07 Å². The number of nitrogens with two attached hydrogens (primary N) is 1. The lowest BCUT2D eigenvalue weighted by Crippen LogP contribution is -2.10. The Bertz CT molecular complexity index is 583. The van der Waals surface area contributed by atoms with Crippen LogP contribution in [0.2, 0.25) is 0 Å². The van der Waals surface area contributed by atoms with E-state index in [4.69, 9.17) is 5.73 Å². The Kier molecular flexibility index (Phi) is 3.17. The number of hydrogen-bond donors (Lipinski definition) is 3. The molecular formula is C11H10N2O4S.